The van der Waals surface area contributed by atoms with Crippen molar-refractivity contribution in [3.8, 4) is 0 Å². The van der Waals surface area contributed by atoms with E-state index in [0.717, 1.165) is 0 Å². The maximum atomic E-state index is 11.9. The predicted molar refractivity (Wildman–Crippen MR) is 29.6 cm³/mol. The predicted octanol–water partition coefficient (Wildman–Crippen LogP) is -0.495. The molecular weight excluding hydrogens is 133 g/mol. The molecule has 0 aliphatic rings. The van der Waals surface area contributed by atoms with Gasteiger partial charge in [-0.3, -0.25) is 0 Å². The zero-order valence-electron chi connectivity index (χ0n) is 4.21. The van der Waals surface area contributed by atoms with Gasteiger partial charge < -0.3 is 10.3 Å². The van der Waals surface area contributed by atoms with E-state index in [1.807, 2.05) is 0 Å². The molecule has 0 saturated carbocycles. The molecule has 0 amide bonds. The molecule has 3 nitrogen and oxygen atoms in total. The molecule has 0 aromatic heterocycles. The first-order chi connectivity index (χ1) is 3.66. The number of rotatable bonds is 3. The highest BCUT2D eigenvalue weighted by Crippen LogP contribution is 1.88. The standard InChI is InChI=1S/C3H8FNO2S/c4-3(1-5)2-8(6)7/h3H,1-2,5H2,(H,6,7)/t3-/m1/s1. The third-order valence-electron chi connectivity index (χ3n) is 0.579. The quantitative estimate of drug-likeness (QED) is 0.521. The van der Waals surface area contributed by atoms with Gasteiger partial charge in [0.05, 0.1) is 5.75 Å². The van der Waals surface area contributed by atoms with Crippen molar-refractivity contribution in [2.24, 2.45) is 5.73 Å². The monoisotopic (exact) mass is 141 g/mol. The summed E-state index contributed by atoms with van der Waals surface area (Å²) < 4.78 is 29.7. The molecule has 2 atom stereocenters. The van der Waals surface area contributed by atoms with E-state index in [1.54, 1.807) is 0 Å². The van der Waals surface area contributed by atoms with E-state index in [9.17, 15) is 8.60 Å². The fourth-order valence-electron chi connectivity index (χ4n) is 0.223. The lowest BCUT2D eigenvalue weighted by Crippen LogP contribution is -2.21. The van der Waals surface area contributed by atoms with Crippen molar-refractivity contribution in [1.29, 1.82) is 0 Å². The molecular formula is C3H8FNO2S. The van der Waals surface area contributed by atoms with E-state index < -0.39 is 17.3 Å². The van der Waals surface area contributed by atoms with Gasteiger partial charge in [0, 0.05) is 6.54 Å². The lowest BCUT2D eigenvalue weighted by Gasteiger charge is -1.97. The van der Waals surface area contributed by atoms with E-state index >= 15 is 0 Å². The SMILES string of the molecule is NC[C@@H](F)CS(=O)O. The van der Waals surface area contributed by atoms with Gasteiger partial charge in [0.25, 0.3) is 0 Å². The first-order valence-electron chi connectivity index (χ1n) is 2.08. The number of hydrogen-bond acceptors (Lipinski definition) is 2. The van der Waals surface area contributed by atoms with Crippen molar-refractivity contribution in [2.45, 2.75) is 6.17 Å². The van der Waals surface area contributed by atoms with Crippen LogP contribution in [-0.2, 0) is 11.1 Å². The summed E-state index contributed by atoms with van der Waals surface area (Å²) in [6.45, 7) is -0.188. The van der Waals surface area contributed by atoms with Gasteiger partial charge in [0.2, 0.25) is 0 Å². The Morgan fingerprint density at radius 1 is 1.88 bits per heavy atom. The minimum absolute atomic E-state index is 0.188. The van der Waals surface area contributed by atoms with Gasteiger partial charge in [0.15, 0.2) is 11.1 Å². The van der Waals surface area contributed by atoms with Gasteiger partial charge in [-0.1, -0.05) is 0 Å². The van der Waals surface area contributed by atoms with Gasteiger partial charge in [-0.25, -0.2) is 8.60 Å². The van der Waals surface area contributed by atoms with Crippen molar-refractivity contribution < 1.29 is 13.2 Å². The maximum Gasteiger partial charge on any atom is 0.155 e. The van der Waals surface area contributed by atoms with E-state index in [-0.39, 0.29) is 12.3 Å². The van der Waals surface area contributed by atoms with Crippen LogP contribution in [0.25, 0.3) is 0 Å². The Morgan fingerprint density at radius 3 is 2.50 bits per heavy atom. The van der Waals surface area contributed by atoms with Crippen molar-refractivity contribution in [2.75, 3.05) is 12.3 Å². The smallest absolute Gasteiger partial charge is 0.155 e. The minimum Gasteiger partial charge on any atom is -0.328 e. The summed E-state index contributed by atoms with van der Waals surface area (Å²) >= 11 is -2.05. The van der Waals surface area contributed by atoms with Crippen LogP contribution >= 0.6 is 0 Å². The van der Waals surface area contributed by atoms with Crippen LogP contribution in [-0.4, -0.2) is 27.2 Å². The Labute approximate surface area is 49.4 Å². The Morgan fingerprint density at radius 2 is 2.38 bits per heavy atom. The van der Waals surface area contributed by atoms with Crippen LogP contribution in [0.3, 0.4) is 0 Å². The molecule has 0 rings (SSSR count). The second kappa shape index (κ2) is 3.94. The fraction of sp³-hybridized carbons (Fsp3) is 1.00. The third-order valence-corrected chi connectivity index (χ3v) is 1.23. The fourth-order valence-corrected chi connectivity index (χ4v) is 0.668. The second-order valence-electron chi connectivity index (χ2n) is 1.32. The average molecular weight is 141 g/mol. The molecule has 5 heteroatoms. The molecule has 50 valence electrons. The number of hydrogen-bond donors (Lipinski definition) is 2. The zero-order valence-corrected chi connectivity index (χ0v) is 5.03. The van der Waals surface area contributed by atoms with Gasteiger partial charge in [-0.2, -0.15) is 0 Å². The summed E-state index contributed by atoms with van der Waals surface area (Å²) in [5, 5.41) is 0. The van der Waals surface area contributed by atoms with Crippen LogP contribution in [0.2, 0.25) is 0 Å². The molecule has 0 bridgehead atoms. The highest BCUT2D eigenvalue weighted by molar-refractivity contribution is 7.79. The third kappa shape index (κ3) is 4.17. The normalized spacial score (nSPS) is 17.9. The second-order valence-corrected chi connectivity index (χ2v) is 2.30. The molecule has 0 radical (unpaired) electrons. The van der Waals surface area contributed by atoms with Crippen molar-refractivity contribution in [1.82, 2.24) is 0 Å². The Balaban J connectivity index is 3.24. The number of halogens is 1. The average Bonchev–Trinajstić information content (AvgIpc) is 1.65. The molecule has 3 N–H and O–H groups in total. The van der Waals surface area contributed by atoms with Gasteiger partial charge in [-0.05, 0) is 0 Å². The molecule has 0 heterocycles. The van der Waals surface area contributed by atoms with Crippen molar-refractivity contribution >= 4 is 11.1 Å². The van der Waals surface area contributed by atoms with Gasteiger partial charge in [0.1, 0.15) is 6.17 Å². The van der Waals surface area contributed by atoms with Crippen LogP contribution in [0.1, 0.15) is 0 Å². The lowest BCUT2D eigenvalue weighted by atomic mass is 10.5. The van der Waals surface area contributed by atoms with Crippen LogP contribution in [0.4, 0.5) is 4.39 Å². The molecule has 0 fully saturated rings. The van der Waals surface area contributed by atoms with Crippen LogP contribution in [0.5, 0.6) is 0 Å². The summed E-state index contributed by atoms with van der Waals surface area (Å²) in [6, 6.07) is 0. The molecule has 0 aliphatic carbocycles. The summed E-state index contributed by atoms with van der Waals surface area (Å²) in [5.41, 5.74) is 4.80. The topological polar surface area (TPSA) is 63.3 Å². The molecule has 0 spiro atoms. The van der Waals surface area contributed by atoms with Crippen LogP contribution in [0.15, 0.2) is 0 Å². The molecule has 8 heavy (non-hydrogen) atoms. The van der Waals surface area contributed by atoms with E-state index in [2.05, 4.69) is 0 Å². The van der Waals surface area contributed by atoms with Gasteiger partial charge >= 0.3 is 0 Å². The first kappa shape index (κ1) is 8.00. The summed E-state index contributed by atoms with van der Waals surface area (Å²) in [4.78, 5) is 0. The molecule has 0 aromatic rings. The molecule has 1 unspecified atom stereocenters. The Kier molecular flexibility index (Phi) is 3.94. The highest BCUT2D eigenvalue weighted by atomic mass is 32.2. The van der Waals surface area contributed by atoms with Crippen molar-refractivity contribution in [3.63, 3.8) is 0 Å². The molecule has 0 saturated heterocycles. The van der Waals surface area contributed by atoms with E-state index in [0.29, 0.717) is 0 Å². The minimum atomic E-state index is -2.05. The largest absolute Gasteiger partial charge is 0.328 e. The number of alkyl halides is 1. The molecule has 0 aliphatic heterocycles. The molecule has 0 aromatic carbocycles. The Hall–Kier alpha value is -0.0000000000000000486. The number of nitrogens with two attached hydrogens (primary N) is 1. The van der Waals surface area contributed by atoms with Crippen molar-refractivity contribution in [3.05, 3.63) is 0 Å². The van der Waals surface area contributed by atoms with E-state index in [1.165, 1.54) is 0 Å². The first-order valence-corrected chi connectivity index (χ1v) is 3.36. The zero-order chi connectivity index (χ0) is 6.57. The lowest BCUT2D eigenvalue weighted by molar-refractivity contribution is 0.369. The maximum absolute atomic E-state index is 11.9. The summed E-state index contributed by atoms with van der Waals surface area (Å²) in [5.74, 6) is -0.378. The Bertz CT molecular complexity index is 89.4. The summed E-state index contributed by atoms with van der Waals surface area (Å²) in [7, 11) is 0. The van der Waals surface area contributed by atoms with E-state index in [4.69, 9.17) is 10.3 Å². The van der Waals surface area contributed by atoms with Crippen LogP contribution < -0.4 is 5.73 Å². The highest BCUT2D eigenvalue weighted by Gasteiger charge is 2.05. The van der Waals surface area contributed by atoms with Crippen LogP contribution in [0, 0.1) is 0 Å². The summed E-state index contributed by atoms with van der Waals surface area (Å²) in [6.07, 6.45) is -1.35. The van der Waals surface area contributed by atoms with Gasteiger partial charge in [-0.15, -0.1) is 0 Å².